The van der Waals surface area contributed by atoms with Crippen molar-refractivity contribution in [3.05, 3.63) is 18.2 Å². The largest absolute Gasteiger partial charge is 0.414 e. The van der Waals surface area contributed by atoms with Crippen LogP contribution >= 0.6 is 0 Å². The van der Waals surface area contributed by atoms with Gasteiger partial charge in [0.25, 0.3) is 0 Å². The summed E-state index contributed by atoms with van der Waals surface area (Å²) in [5.41, 5.74) is 8.36. The van der Waals surface area contributed by atoms with E-state index >= 15 is 0 Å². The lowest BCUT2D eigenvalue weighted by molar-refractivity contribution is -0.119. The number of ketones is 1. The molecule has 6 heteroatoms. The van der Waals surface area contributed by atoms with Gasteiger partial charge < -0.3 is 14.7 Å². The molecule has 0 spiro atoms. The number of nitrogens with zero attached hydrogens (tertiary/aromatic N) is 2. The molecule has 0 amide bonds. The summed E-state index contributed by atoms with van der Waals surface area (Å²) in [6.07, 6.45) is 2.29. The molecule has 0 aliphatic heterocycles. The van der Waals surface area contributed by atoms with Crippen molar-refractivity contribution in [3.8, 4) is 0 Å². The summed E-state index contributed by atoms with van der Waals surface area (Å²) < 4.78 is 11.6. The van der Waals surface area contributed by atoms with E-state index < -0.39 is 8.32 Å². The van der Waals surface area contributed by atoms with Gasteiger partial charge in [-0.2, -0.15) is 4.79 Å². The third kappa shape index (κ3) is 6.91. The first kappa shape index (κ1) is 18.9. The van der Waals surface area contributed by atoms with Crippen molar-refractivity contribution in [2.45, 2.75) is 51.4 Å². The van der Waals surface area contributed by atoms with Gasteiger partial charge in [-0.25, -0.2) is 0 Å². The highest BCUT2D eigenvalue weighted by Crippen LogP contribution is 2.36. The molecule has 0 saturated heterocycles. The molecule has 114 valence electrons. The molecule has 0 aromatic carbocycles. The first-order chi connectivity index (χ1) is 9.14. The van der Waals surface area contributed by atoms with Crippen LogP contribution in [0.2, 0.25) is 18.1 Å². The van der Waals surface area contributed by atoms with E-state index in [4.69, 9.17) is 14.7 Å². The van der Waals surface area contributed by atoms with E-state index in [1.165, 1.54) is 0 Å². The summed E-state index contributed by atoms with van der Waals surface area (Å²) in [6, 6.07) is 0. The van der Waals surface area contributed by atoms with Crippen LogP contribution in [0.25, 0.3) is 5.53 Å². The zero-order valence-electron chi connectivity index (χ0n) is 13.2. The molecule has 0 aromatic rings. The van der Waals surface area contributed by atoms with Gasteiger partial charge >= 0.3 is 6.21 Å². The minimum atomic E-state index is -1.88. The monoisotopic (exact) mass is 298 g/mol. The first-order valence-corrected chi connectivity index (χ1v) is 9.61. The maximum atomic E-state index is 11.5. The third-order valence-electron chi connectivity index (χ3n) is 3.52. The SMILES string of the molecule is C=CCO[C@@H](CO[Si](C)(C)C(C)(C)C)CC(=O)C=[N+]=[N-]. The summed E-state index contributed by atoms with van der Waals surface area (Å²) in [6.45, 7) is 15.1. The molecule has 0 unspecified atom stereocenters. The highest BCUT2D eigenvalue weighted by atomic mass is 28.4. The molecule has 5 nitrogen and oxygen atoms in total. The van der Waals surface area contributed by atoms with Crippen LogP contribution in [0.3, 0.4) is 0 Å². The number of rotatable bonds is 9. The Labute approximate surface area is 122 Å². The van der Waals surface area contributed by atoms with E-state index in [0.29, 0.717) is 13.2 Å². The van der Waals surface area contributed by atoms with Crippen molar-refractivity contribution in [1.82, 2.24) is 0 Å². The number of hydrogen-bond donors (Lipinski definition) is 0. The van der Waals surface area contributed by atoms with Gasteiger partial charge in [0.15, 0.2) is 8.32 Å². The van der Waals surface area contributed by atoms with Gasteiger partial charge in [0.05, 0.1) is 19.3 Å². The molecule has 0 bridgehead atoms. The van der Waals surface area contributed by atoms with Gasteiger partial charge in [-0.1, -0.05) is 26.8 Å². The maximum Gasteiger partial charge on any atom is 0.323 e. The quantitative estimate of drug-likeness (QED) is 0.216. The Bertz CT molecular complexity index is 382. The van der Waals surface area contributed by atoms with Gasteiger partial charge in [-0.05, 0) is 18.1 Å². The van der Waals surface area contributed by atoms with Crippen LogP contribution in [-0.4, -0.2) is 44.4 Å². The zero-order valence-corrected chi connectivity index (χ0v) is 14.2. The molecule has 0 aliphatic rings. The van der Waals surface area contributed by atoms with Gasteiger partial charge in [0.1, 0.15) is 0 Å². The fourth-order valence-corrected chi connectivity index (χ4v) is 2.26. The van der Waals surface area contributed by atoms with Crippen molar-refractivity contribution in [2.75, 3.05) is 13.2 Å². The Balaban J connectivity index is 4.61. The van der Waals surface area contributed by atoms with Crippen molar-refractivity contribution >= 4 is 20.3 Å². The second-order valence-corrected chi connectivity index (χ2v) is 11.0. The Morgan fingerprint density at radius 3 is 2.50 bits per heavy atom. The topological polar surface area (TPSA) is 71.9 Å². The Hall–Kier alpha value is -1.07. The molecule has 1 atom stereocenters. The number of carbonyl (C=O) groups is 1. The lowest BCUT2D eigenvalue weighted by Gasteiger charge is -2.37. The lowest BCUT2D eigenvalue weighted by atomic mass is 10.2. The zero-order chi connectivity index (χ0) is 15.8. The van der Waals surface area contributed by atoms with Crippen LogP contribution in [0.15, 0.2) is 12.7 Å². The number of hydrogen-bond acceptors (Lipinski definition) is 3. The minimum Gasteiger partial charge on any atom is -0.414 e. The fraction of sp³-hybridized carbons (Fsp3) is 0.714. The van der Waals surface area contributed by atoms with Gasteiger partial charge in [0, 0.05) is 6.42 Å². The molecule has 0 radical (unpaired) electrons. The van der Waals surface area contributed by atoms with Gasteiger partial charge in [-0.15, -0.1) is 6.58 Å². The Morgan fingerprint density at radius 2 is 2.05 bits per heavy atom. The highest BCUT2D eigenvalue weighted by Gasteiger charge is 2.37. The molecule has 20 heavy (non-hydrogen) atoms. The minimum absolute atomic E-state index is 0.104. The Morgan fingerprint density at radius 1 is 1.45 bits per heavy atom. The van der Waals surface area contributed by atoms with Crippen molar-refractivity contribution in [2.24, 2.45) is 0 Å². The summed E-state index contributed by atoms with van der Waals surface area (Å²) in [4.78, 5) is 14.2. The fourth-order valence-electron chi connectivity index (χ4n) is 1.23. The molecule has 0 saturated carbocycles. The van der Waals surface area contributed by atoms with E-state index in [1.54, 1.807) is 6.08 Å². The van der Waals surface area contributed by atoms with Crippen molar-refractivity contribution in [3.63, 3.8) is 0 Å². The lowest BCUT2D eigenvalue weighted by Crippen LogP contribution is -2.43. The van der Waals surface area contributed by atoms with Crippen LogP contribution < -0.4 is 0 Å². The molecule has 0 aliphatic carbocycles. The average molecular weight is 298 g/mol. The van der Waals surface area contributed by atoms with E-state index in [9.17, 15) is 4.79 Å². The van der Waals surface area contributed by atoms with Crippen LogP contribution in [0.4, 0.5) is 0 Å². The summed E-state index contributed by atoms with van der Waals surface area (Å²) in [5, 5.41) is 0.104. The molecular weight excluding hydrogens is 272 g/mol. The van der Waals surface area contributed by atoms with Gasteiger partial charge in [0.2, 0.25) is 5.78 Å². The summed E-state index contributed by atoms with van der Waals surface area (Å²) in [5.74, 6) is -0.291. The third-order valence-corrected chi connectivity index (χ3v) is 8.02. The van der Waals surface area contributed by atoms with E-state index in [0.717, 1.165) is 6.21 Å². The van der Waals surface area contributed by atoms with Crippen LogP contribution in [0.1, 0.15) is 27.2 Å². The molecule has 0 fully saturated rings. The van der Waals surface area contributed by atoms with E-state index in [1.807, 2.05) is 0 Å². The van der Waals surface area contributed by atoms with Crippen molar-refractivity contribution in [1.29, 1.82) is 0 Å². The Kier molecular flexibility index (Phi) is 7.82. The highest BCUT2D eigenvalue weighted by molar-refractivity contribution is 6.74. The second kappa shape index (κ2) is 8.27. The molecule has 0 N–H and O–H groups in total. The number of Topliss-reactive ketones (excluding diaryl/α,β-unsaturated/α-hetero) is 1. The number of ether oxygens (including phenoxy) is 1. The second-order valence-electron chi connectivity index (χ2n) is 6.23. The first-order valence-electron chi connectivity index (χ1n) is 6.70. The van der Waals surface area contributed by atoms with Crippen LogP contribution in [0.5, 0.6) is 0 Å². The molecule has 0 rings (SSSR count). The molecular formula is C14H26N2O3Si. The average Bonchev–Trinajstić information content (AvgIpc) is 2.31. The van der Waals surface area contributed by atoms with Crippen LogP contribution in [0, 0.1) is 0 Å². The predicted molar refractivity (Wildman–Crippen MR) is 82.4 cm³/mol. The standard InChI is InChI=1S/C14H26N2O3Si/c1-7-8-18-13(9-12(17)10-16-15)11-19-20(5,6)14(2,3)4/h7,10,13H,1,8-9,11H2,2-6H3/t13-/m1/s1. The predicted octanol–water partition coefficient (Wildman–Crippen LogP) is 2.84. The summed E-state index contributed by atoms with van der Waals surface area (Å²) in [7, 11) is -1.88. The van der Waals surface area contributed by atoms with Crippen molar-refractivity contribution < 1.29 is 18.7 Å². The number of carbonyl (C=O) groups excluding carboxylic acids is 1. The van der Waals surface area contributed by atoms with E-state index in [-0.39, 0.29) is 23.3 Å². The molecule has 0 heterocycles. The maximum absolute atomic E-state index is 11.5. The molecule has 0 aromatic heterocycles. The normalized spacial score (nSPS) is 13.4. The van der Waals surface area contributed by atoms with E-state index in [2.05, 4.69) is 45.2 Å². The van der Waals surface area contributed by atoms with Gasteiger partial charge in [-0.3, -0.25) is 4.79 Å². The smallest absolute Gasteiger partial charge is 0.323 e. The summed E-state index contributed by atoms with van der Waals surface area (Å²) >= 11 is 0. The van der Waals surface area contributed by atoms with Crippen LogP contribution in [-0.2, 0) is 14.0 Å².